The van der Waals surface area contributed by atoms with E-state index in [0.29, 0.717) is 12.8 Å². The van der Waals surface area contributed by atoms with Crippen LogP contribution in [0.3, 0.4) is 0 Å². The smallest absolute Gasteiger partial charge is 0.308 e. The minimum atomic E-state index is -0.430. The normalized spacial score (nSPS) is 12.3. The molecule has 122 valence electrons. The van der Waals surface area contributed by atoms with Crippen LogP contribution in [-0.2, 0) is 19.1 Å². The van der Waals surface area contributed by atoms with Crippen LogP contribution in [0.1, 0.15) is 26.7 Å². The summed E-state index contributed by atoms with van der Waals surface area (Å²) in [5.41, 5.74) is 16.3. The zero-order valence-corrected chi connectivity index (χ0v) is 12.7. The molecule has 0 rings (SSSR count). The molecule has 2 unspecified atom stereocenters. The van der Waals surface area contributed by atoms with Crippen molar-refractivity contribution in [1.29, 1.82) is 0 Å². The number of azide groups is 2. The van der Waals surface area contributed by atoms with Gasteiger partial charge in [0, 0.05) is 22.9 Å². The molecule has 22 heavy (non-hydrogen) atoms. The Morgan fingerprint density at radius 2 is 1.27 bits per heavy atom. The fourth-order valence-electron chi connectivity index (χ4n) is 1.40. The molecule has 2 atom stereocenters. The van der Waals surface area contributed by atoms with E-state index in [1.54, 1.807) is 13.8 Å². The van der Waals surface area contributed by atoms with Crippen molar-refractivity contribution in [2.24, 2.45) is 22.1 Å². The summed E-state index contributed by atoms with van der Waals surface area (Å²) >= 11 is 0. The number of nitrogens with zero attached hydrogens (tertiary/aromatic N) is 6. The Bertz CT molecular complexity index is 415. The summed E-state index contributed by atoms with van der Waals surface area (Å²) in [4.78, 5) is 28.3. The van der Waals surface area contributed by atoms with Gasteiger partial charge in [0.25, 0.3) is 0 Å². The molecule has 0 aromatic rings. The number of esters is 2. The molecule has 0 amide bonds. The minimum absolute atomic E-state index is 0.0283. The van der Waals surface area contributed by atoms with Gasteiger partial charge in [0.1, 0.15) is 13.2 Å². The molecule has 10 nitrogen and oxygen atoms in total. The third kappa shape index (κ3) is 9.46. The van der Waals surface area contributed by atoms with Gasteiger partial charge in [-0.05, 0) is 23.9 Å². The lowest BCUT2D eigenvalue weighted by Gasteiger charge is -2.12. The van der Waals surface area contributed by atoms with Crippen LogP contribution in [0.25, 0.3) is 20.9 Å². The van der Waals surface area contributed by atoms with Crippen LogP contribution in [0, 0.1) is 11.8 Å². The first-order valence-corrected chi connectivity index (χ1v) is 6.87. The summed E-state index contributed by atoms with van der Waals surface area (Å²) < 4.78 is 9.89. The predicted molar refractivity (Wildman–Crippen MR) is 77.5 cm³/mol. The van der Waals surface area contributed by atoms with Gasteiger partial charge in [-0.2, -0.15) is 0 Å². The molecule has 0 N–H and O–H groups in total. The maximum absolute atomic E-state index is 11.5. The van der Waals surface area contributed by atoms with Crippen LogP contribution in [0.2, 0.25) is 0 Å². The number of carbonyl (C=O) groups is 2. The molecular weight excluding hydrogens is 292 g/mol. The fraction of sp³-hybridized carbons (Fsp3) is 0.833. The van der Waals surface area contributed by atoms with E-state index in [1.165, 1.54) is 0 Å². The third-order valence-corrected chi connectivity index (χ3v) is 2.83. The molecular formula is C12H20N6O4. The molecule has 0 heterocycles. The molecule has 0 aromatic carbocycles. The van der Waals surface area contributed by atoms with Crippen LogP contribution in [0.4, 0.5) is 0 Å². The lowest BCUT2D eigenvalue weighted by molar-refractivity contribution is -0.156. The van der Waals surface area contributed by atoms with E-state index in [4.69, 9.17) is 20.5 Å². The second-order valence-corrected chi connectivity index (χ2v) is 4.62. The van der Waals surface area contributed by atoms with Crippen molar-refractivity contribution in [2.75, 3.05) is 26.3 Å². The van der Waals surface area contributed by atoms with Gasteiger partial charge < -0.3 is 9.47 Å². The van der Waals surface area contributed by atoms with E-state index in [1.807, 2.05) is 0 Å². The van der Waals surface area contributed by atoms with Gasteiger partial charge in [0.05, 0.1) is 11.8 Å². The van der Waals surface area contributed by atoms with Crippen LogP contribution < -0.4 is 0 Å². The molecule has 0 spiro atoms. The molecule has 0 aliphatic rings. The third-order valence-electron chi connectivity index (χ3n) is 2.83. The van der Waals surface area contributed by atoms with Gasteiger partial charge in [-0.3, -0.25) is 9.59 Å². The highest BCUT2D eigenvalue weighted by Gasteiger charge is 2.16. The molecule has 0 fully saturated rings. The largest absolute Gasteiger partial charge is 0.462 e. The summed E-state index contributed by atoms with van der Waals surface area (Å²) in [6.45, 7) is 3.73. The van der Waals surface area contributed by atoms with Crippen molar-refractivity contribution in [1.82, 2.24) is 0 Å². The number of carbonyl (C=O) groups excluding carboxylic acids is 2. The van der Waals surface area contributed by atoms with E-state index in [9.17, 15) is 9.59 Å². The lowest BCUT2D eigenvalue weighted by atomic mass is 10.1. The first-order chi connectivity index (χ1) is 10.5. The Balaban J connectivity index is 3.81. The lowest BCUT2D eigenvalue weighted by Crippen LogP contribution is -2.21. The fourth-order valence-corrected chi connectivity index (χ4v) is 1.40. The van der Waals surface area contributed by atoms with Gasteiger partial charge in [0.15, 0.2) is 0 Å². The Morgan fingerprint density at radius 3 is 1.59 bits per heavy atom. The first kappa shape index (κ1) is 19.6. The van der Waals surface area contributed by atoms with Crippen LogP contribution in [-0.4, -0.2) is 38.2 Å². The van der Waals surface area contributed by atoms with Crippen molar-refractivity contribution in [2.45, 2.75) is 26.7 Å². The summed E-state index contributed by atoms with van der Waals surface area (Å²) in [6.07, 6.45) is 0.804. The zero-order chi connectivity index (χ0) is 16.8. The molecule has 0 saturated carbocycles. The second kappa shape index (κ2) is 12.3. The number of rotatable bonds is 11. The van der Waals surface area contributed by atoms with Gasteiger partial charge in [-0.1, -0.05) is 24.1 Å². The van der Waals surface area contributed by atoms with E-state index in [-0.39, 0.29) is 38.1 Å². The molecule has 0 radical (unpaired) electrons. The summed E-state index contributed by atoms with van der Waals surface area (Å²) in [6, 6.07) is 0. The Kier molecular flexibility index (Phi) is 10.9. The maximum Gasteiger partial charge on any atom is 0.308 e. The standard InChI is InChI=1S/C12H20N6O4/c1-9(3-5-15-17-13)11(19)21-7-8-22-12(20)10(2)4-6-16-18-14/h9-10H,3-8H2,1-2H3. The van der Waals surface area contributed by atoms with E-state index in [2.05, 4.69) is 20.1 Å². The predicted octanol–water partition coefficient (Wildman–Crippen LogP) is 2.75. The van der Waals surface area contributed by atoms with Crippen molar-refractivity contribution >= 4 is 11.9 Å². The van der Waals surface area contributed by atoms with Crippen molar-refractivity contribution in [3.63, 3.8) is 0 Å². The average molecular weight is 312 g/mol. The highest BCUT2D eigenvalue weighted by molar-refractivity contribution is 5.72. The Hall–Kier alpha value is -2.44. The first-order valence-electron chi connectivity index (χ1n) is 6.87. The minimum Gasteiger partial charge on any atom is -0.462 e. The van der Waals surface area contributed by atoms with Gasteiger partial charge in [-0.25, -0.2) is 0 Å². The number of hydrogen-bond acceptors (Lipinski definition) is 6. The van der Waals surface area contributed by atoms with Crippen molar-refractivity contribution in [3.05, 3.63) is 20.9 Å². The highest BCUT2D eigenvalue weighted by Crippen LogP contribution is 2.06. The van der Waals surface area contributed by atoms with Gasteiger partial charge in [0.2, 0.25) is 0 Å². The van der Waals surface area contributed by atoms with Gasteiger partial charge in [-0.15, -0.1) is 0 Å². The molecule has 10 heteroatoms. The van der Waals surface area contributed by atoms with E-state index in [0.717, 1.165) is 0 Å². The number of hydrogen-bond donors (Lipinski definition) is 0. The van der Waals surface area contributed by atoms with E-state index < -0.39 is 11.9 Å². The van der Waals surface area contributed by atoms with E-state index >= 15 is 0 Å². The molecule has 0 aliphatic heterocycles. The monoisotopic (exact) mass is 312 g/mol. The molecule has 0 saturated heterocycles. The number of ether oxygens (including phenoxy) is 2. The van der Waals surface area contributed by atoms with Gasteiger partial charge >= 0.3 is 11.9 Å². The Labute approximate surface area is 128 Å². The second-order valence-electron chi connectivity index (χ2n) is 4.62. The van der Waals surface area contributed by atoms with Crippen molar-refractivity contribution < 1.29 is 19.1 Å². The molecule has 0 aliphatic carbocycles. The molecule has 0 aromatic heterocycles. The SMILES string of the molecule is CC(CCN=[N+]=[N-])C(=O)OCCOC(=O)C(C)CCN=[N+]=[N-]. The topological polar surface area (TPSA) is 150 Å². The maximum atomic E-state index is 11.5. The summed E-state index contributed by atoms with van der Waals surface area (Å²) in [5.74, 6) is -1.63. The van der Waals surface area contributed by atoms with Crippen molar-refractivity contribution in [3.8, 4) is 0 Å². The summed E-state index contributed by atoms with van der Waals surface area (Å²) in [7, 11) is 0. The molecule has 0 bridgehead atoms. The zero-order valence-electron chi connectivity index (χ0n) is 12.7. The van der Waals surface area contributed by atoms with Crippen LogP contribution >= 0.6 is 0 Å². The average Bonchev–Trinajstić information content (AvgIpc) is 2.51. The summed E-state index contributed by atoms with van der Waals surface area (Å²) in [5, 5.41) is 6.67. The Morgan fingerprint density at radius 1 is 0.909 bits per heavy atom. The quantitative estimate of drug-likeness (QED) is 0.189. The van der Waals surface area contributed by atoms with Crippen LogP contribution in [0.15, 0.2) is 10.2 Å². The highest BCUT2D eigenvalue weighted by atomic mass is 16.6. The van der Waals surface area contributed by atoms with Crippen LogP contribution in [0.5, 0.6) is 0 Å².